The van der Waals surface area contributed by atoms with E-state index in [0.29, 0.717) is 10.6 Å². The van der Waals surface area contributed by atoms with Gasteiger partial charge in [0.1, 0.15) is 5.82 Å². The molecule has 18 heavy (non-hydrogen) atoms. The summed E-state index contributed by atoms with van der Waals surface area (Å²) in [4.78, 5) is 11.5. The lowest BCUT2D eigenvalue weighted by atomic mass is 10.1. The number of aliphatic hydroxyl groups excluding tert-OH is 1. The van der Waals surface area contributed by atoms with Gasteiger partial charge in [-0.05, 0) is 23.8 Å². The number of aromatic nitrogens is 1. The third-order valence-electron chi connectivity index (χ3n) is 2.63. The molecular formula is C13H11ClFNO2. The van der Waals surface area contributed by atoms with Gasteiger partial charge in [0.2, 0.25) is 0 Å². The average molecular weight is 268 g/mol. The Hall–Kier alpha value is -1.65. The van der Waals surface area contributed by atoms with Gasteiger partial charge in [0, 0.05) is 22.8 Å². The first kappa shape index (κ1) is 12.8. The standard InChI is InChI=1S/C13H11ClFNO2/c14-11-5-10(8-17)12(15)6-9(11)7-16-4-2-1-3-13(16)18/h1-6,17H,7-8H2. The maximum atomic E-state index is 13.5. The van der Waals surface area contributed by atoms with Gasteiger partial charge in [-0.2, -0.15) is 0 Å². The Morgan fingerprint density at radius 1 is 1.28 bits per heavy atom. The van der Waals surface area contributed by atoms with E-state index in [0.717, 1.165) is 0 Å². The van der Waals surface area contributed by atoms with E-state index in [9.17, 15) is 9.18 Å². The summed E-state index contributed by atoms with van der Waals surface area (Å²) in [6, 6.07) is 7.39. The Kier molecular flexibility index (Phi) is 3.79. The van der Waals surface area contributed by atoms with Crippen LogP contribution in [0.15, 0.2) is 41.3 Å². The molecule has 1 aromatic carbocycles. The van der Waals surface area contributed by atoms with Gasteiger partial charge in [0.05, 0.1) is 13.2 Å². The van der Waals surface area contributed by atoms with Crippen molar-refractivity contribution in [3.8, 4) is 0 Å². The lowest BCUT2D eigenvalue weighted by Crippen LogP contribution is -2.18. The maximum absolute atomic E-state index is 13.5. The number of pyridine rings is 1. The van der Waals surface area contributed by atoms with Crippen LogP contribution < -0.4 is 5.56 Å². The molecule has 2 rings (SSSR count). The molecule has 0 saturated heterocycles. The van der Waals surface area contributed by atoms with Gasteiger partial charge in [0.25, 0.3) is 5.56 Å². The molecule has 0 spiro atoms. The molecule has 0 fully saturated rings. The van der Waals surface area contributed by atoms with E-state index in [1.54, 1.807) is 18.3 Å². The Labute approximate surface area is 108 Å². The monoisotopic (exact) mass is 267 g/mol. The van der Waals surface area contributed by atoms with Crippen LogP contribution in [0.3, 0.4) is 0 Å². The Morgan fingerprint density at radius 3 is 2.72 bits per heavy atom. The molecule has 2 aromatic rings. The van der Waals surface area contributed by atoms with E-state index >= 15 is 0 Å². The van der Waals surface area contributed by atoms with Crippen molar-refractivity contribution < 1.29 is 9.50 Å². The number of benzene rings is 1. The van der Waals surface area contributed by atoms with Gasteiger partial charge in [-0.25, -0.2) is 4.39 Å². The summed E-state index contributed by atoms with van der Waals surface area (Å²) in [5.41, 5.74) is 0.462. The Bertz CT molecular complexity index is 625. The molecule has 1 N–H and O–H groups in total. The van der Waals surface area contributed by atoms with Crippen molar-refractivity contribution in [3.05, 3.63) is 68.8 Å². The first-order valence-corrected chi connectivity index (χ1v) is 5.72. The molecule has 0 aliphatic rings. The summed E-state index contributed by atoms with van der Waals surface area (Å²) in [5, 5.41) is 9.24. The zero-order valence-electron chi connectivity index (χ0n) is 9.44. The van der Waals surface area contributed by atoms with Gasteiger partial charge in [-0.3, -0.25) is 4.79 Å². The van der Waals surface area contributed by atoms with Crippen molar-refractivity contribution >= 4 is 11.6 Å². The molecule has 1 aromatic heterocycles. The van der Waals surface area contributed by atoms with E-state index in [1.807, 2.05) is 0 Å². The molecule has 0 saturated carbocycles. The zero-order valence-corrected chi connectivity index (χ0v) is 10.2. The van der Waals surface area contributed by atoms with Crippen LogP contribution in [0.2, 0.25) is 5.02 Å². The highest BCUT2D eigenvalue weighted by atomic mass is 35.5. The predicted octanol–water partition coefficient (Wildman–Crippen LogP) is 2.18. The average Bonchev–Trinajstić information content (AvgIpc) is 2.36. The number of hydrogen-bond donors (Lipinski definition) is 1. The molecule has 0 aliphatic heterocycles. The van der Waals surface area contributed by atoms with Crippen molar-refractivity contribution in [2.45, 2.75) is 13.2 Å². The number of hydrogen-bond acceptors (Lipinski definition) is 2. The van der Waals surface area contributed by atoms with E-state index in [1.165, 1.54) is 22.8 Å². The van der Waals surface area contributed by atoms with Crippen LogP contribution in [0, 0.1) is 5.82 Å². The van der Waals surface area contributed by atoms with E-state index in [-0.39, 0.29) is 17.7 Å². The second kappa shape index (κ2) is 5.33. The quantitative estimate of drug-likeness (QED) is 0.926. The first-order valence-electron chi connectivity index (χ1n) is 5.35. The van der Waals surface area contributed by atoms with Crippen molar-refractivity contribution in [1.82, 2.24) is 4.57 Å². The fourth-order valence-electron chi connectivity index (χ4n) is 1.65. The van der Waals surface area contributed by atoms with E-state index in [2.05, 4.69) is 0 Å². The number of halogens is 2. The number of nitrogens with zero attached hydrogens (tertiary/aromatic N) is 1. The molecule has 0 atom stereocenters. The third kappa shape index (κ3) is 2.60. The van der Waals surface area contributed by atoms with Crippen LogP contribution in [0.5, 0.6) is 0 Å². The highest BCUT2D eigenvalue weighted by molar-refractivity contribution is 6.31. The van der Waals surface area contributed by atoms with Crippen molar-refractivity contribution in [1.29, 1.82) is 0 Å². The minimum atomic E-state index is -0.527. The smallest absolute Gasteiger partial charge is 0.250 e. The van der Waals surface area contributed by atoms with Gasteiger partial charge in [0.15, 0.2) is 0 Å². The van der Waals surface area contributed by atoms with Gasteiger partial charge in [-0.15, -0.1) is 0 Å². The summed E-state index contributed by atoms with van der Waals surface area (Å²) in [6.07, 6.45) is 1.61. The lowest BCUT2D eigenvalue weighted by Gasteiger charge is -2.09. The molecule has 0 unspecified atom stereocenters. The maximum Gasteiger partial charge on any atom is 0.250 e. The summed E-state index contributed by atoms with van der Waals surface area (Å²) in [6.45, 7) is -0.210. The zero-order chi connectivity index (χ0) is 13.1. The highest BCUT2D eigenvalue weighted by Gasteiger charge is 2.09. The topological polar surface area (TPSA) is 42.2 Å². The molecule has 5 heteroatoms. The van der Waals surface area contributed by atoms with Crippen molar-refractivity contribution in [2.75, 3.05) is 0 Å². The van der Waals surface area contributed by atoms with E-state index in [4.69, 9.17) is 16.7 Å². The second-order valence-electron chi connectivity index (χ2n) is 3.86. The first-order chi connectivity index (χ1) is 8.61. The minimum Gasteiger partial charge on any atom is -0.392 e. The molecule has 94 valence electrons. The molecule has 0 aliphatic carbocycles. The van der Waals surface area contributed by atoms with Crippen LogP contribution in [0.25, 0.3) is 0 Å². The van der Waals surface area contributed by atoms with Gasteiger partial charge < -0.3 is 9.67 Å². The summed E-state index contributed by atoms with van der Waals surface area (Å²) in [5.74, 6) is -0.527. The largest absolute Gasteiger partial charge is 0.392 e. The Morgan fingerprint density at radius 2 is 2.06 bits per heavy atom. The van der Waals surface area contributed by atoms with Crippen LogP contribution >= 0.6 is 11.6 Å². The molecule has 3 nitrogen and oxygen atoms in total. The van der Waals surface area contributed by atoms with Crippen LogP contribution in [-0.2, 0) is 13.2 Å². The molecule has 0 radical (unpaired) electrons. The fraction of sp³-hybridized carbons (Fsp3) is 0.154. The van der Waals surface area contributed by atoms with Gasteiger partial charge in [-0.1, -0.05) is 17.7 Å². The molecule has 0 bridgehead atoms. The van der Waals surface area contributed by atoms with Gasteiger partial charge >= 0.3 is 0 Å². The fourth-order valence-corrected chi connectivity index (χ4v) is 1.89. The minimum absolute atomic E-state index is 0.143. The van der Waals surface area contributed by atoms with Crippen molar-refractivity contribution in [3.63, 3.8) is 0 Å². The number of rotatable bonds is 3. The van der Waals surface area contributed by atoms with Crippen LogP contribution in [0.4, 0.5) is 4.39 Å². The Balaban J connectivity index is 2.39. The lowest BCUT2D eigenvalue weighted by molar-refractivity contribution is 0.275. The SMILES string of the molecule is O=c1ccccn1Cc1cc(F)c(CO)cc1Cl. The summed E-state index contributed by atoms with van der Waals surface area (Å²) < 4.78 is 15.0. The van der Waals surface area contributed by atoms with Crippen molar-refractivity contribution in [2.24, 2.45) is 0 Å². The summed E-state index contributed by atoms with van der Waals surface area (Å²) >= 11 is 5.99. The second-order valence-corrected chi connectivity index (χ2v) is 4.27. The molecular weight excluding hydrogens is 257 g/mol. The predicted molar refractivity (Wildman–Crippen MR) is 67.1 cm³/mol. The summed E-state index contributed by atoms with van der Waals surface area (Å²) in [7, 11) is 0. The van der Waals surface area contributed by atoms with E-state index < -0.39 is 12.4 Å². The molecule has 0 amide bonds. The third-order valence-corrected chi connectivity index (χ3v) is 2.98. The van der Waals surface area contributed by atoms with Crippen LogP contribution in [-0.4, -0.2) is 9.67 Å². The van der Waals surface area contributed by atoms with Crippen LogP contribution in [0.1, 0.15) is 11.1 Å². The highest BCUT2D eigenvalue weighted by Crippen LogP contribution is 2.21. The molecule has 1 heterocycles. The number of aliphatic hydroxyl groups is 1. The normalized spacial score (nSPS) is 10.6.